The highest BCUT2D eigenvalue weighted by molar-refractivity contribution is 5.81. The number of benzene rings is 1. The van der Waals surface area contributed by atoms with E-state index >= 15 is 0 Å². The maximum atomic E-state index is 12.4. The Labute approximate surface area is 123 Å². The highest BCUT2D eigenvalue weighted by atomic mass is 16.5. The van der Waals surface area contributed by atoms with Gasteiger partial charge in [-0.1, -0.05) is 35.5 Å². The van der Waals surface area contributed by atoms with Crippen LogP contribution in [0.2, 0.25) is 0 Å². The summed E-state index contributed by atoms with van der Waals surface area (Å²) in [6.45, 7) is 1.44. The minimum atomic E-state index is 0.119. The molecule has 5 heteroatoms. The van der Waals surface area contributed by atoms with E-state index < -0.39 is 0 Å². The molecule has 1 saturated carbocycles. The standard InChI is InChI=1S/C16H17N3O2/c20-16(12-6-7-12)19-8-13(11-4-2-1-3-5-11)14(9-19)15-17-10-21-18-15/h1-5,10,12-14H,6-9H2. The number of amides is 1. The maximum Gasteiger partial charge on any atom is 0.225 e. The molecule has 0 radical (unpaired) electrons. The van der Waals surface area contributed by atoms with Gasteiger partial charge in [0, 0.05) is 30.8 Å². The SMILES string of the molecule is O=C(C1CC1)N1CC(c2ccccc2)C(c2ncon2)C1. The summed E-state index contributed by atoms with van der Waals surface area (Å²) in [4.78, 5) is 18.6. The molecule has 108 valence electrons. The van der Waals surface area contributed by atoms with Crippen LogP contribution in [0.5, 0.6) is 0 Å². The lowest BCUT2D eigenvalue weighted by molar-refractivity contribution is -0.131. The summed E-state index contributed by atoms with van der Waals surface area (Å²) < 4.78 is 4.90. The van der Waals surface area contributed by atoms with Gasteiger partial charge in [-0.05, 0) is 18.4 Å². The number of carbonyl (C=O) groups excluding carboxylic acids is 1. The van der Waals surface area contributed by atoms with Gasteiger partial charge in [0.1, 0.15) is 0 Å². The lowest BCUT2D eigenvalue weighted by atomic mass is 9.88. The minimum absolute atomic E-state index is 0.119. The van der Waals surface area contributed by atoms with Gasteiger partial charge in [0.2, 0.25) is 12.3 Å². The second-order valence-corrected chi connectivity index (χ2v) is 5.93. The van der Waals surface area contributed by atoms with Crippen molar-refractivity contribution < 1.29 is 9.32 Å². The smallest absolute Gasteiger partial charge is 0.225 e. The van der Waals surface area contributed by atoms with Gasteiger partial charge in [-0.25, -0.2) is 0 Å². The first-order valence-electron chi connectivity index (χ1n) is 7.43. The molecule has 2 aliphatic rings. The molecule has 2 atom stereocenters. The molecule has 2 fully saturated rings. The van der Waals surface area contributed by atoms with Gasteiger partial charge in [0.25, 0.3) is 0 Å². The Kier molecular flexibility index (Phi) is 2.98. The first-order valence-corrected chi connectivity index (χ1v) is 7.43. The number of rotatable bonds is 3. The van der Waals surface area contributed by atoms with Crippen LogP contribution < -0.4 is 0 Å². The summed E-state index contributed by atoms with van der Waals surface area (Å²) >= 11 is 0. The van der Waals surface area contributed by atoms with E-state index in [9.17, 15) is 4.79 Å². The van der Waals surface area contributed by atoms with Crippen LogP contribution in [0.4, 0.5) is 0 Å². The van der Waals surface area contributed by atoms with Crippen molar-refractivity contribution in [1.29, 1.82) is 0 Å². The number of aromatic nitrogens is 2. The molecule has 2 aromatic rings. The molecule has 1 aliphatic carbocycles. The van der Waals surface area contributed by atoms with E-state index in [0.29, 0.717) is 18.3 Å². The van der Waals surface area contributed by atoms with E-state index in [1.165, 1.54) is 12.0 Å². The second-order valence-electron chi connectivity index (χ2n) is 5.93. The molecule has 0 N–H and O–H groups in total. The number of nitrogens with zero attached hydrogens (tertiary/aromatic N) is 3. The fourth-order valence-electron chi connectivity index (χ4n) is 3.21. The van der Waals surface area contributed by atoms with Crippen molar-refractivity contribution in [2.24, 2.45) is 5.92 Å². The topological polar surface area (TPSA) is 59.2 Å². The Balaban J connectivity index is 1.63. The minimum Gasteiger partial charge on any atom is -0.343 e. The molecule has 21 heavy (non-hydrogen) atoms. The summed E-state index contributed by atoms with van der Waals surface area (Å²) in [6, 6.07) is 10.3. The molecule has 5 nitrogen and oxygen atoms in total. The van der Waals surface area contributed by atoms with E-state index in [-0.39, 0.29) is 17.8 Å². The Morgan fingerprint density at radius 2 is 1.90 bits per heavy atom. The normalized spacial score (nSPS) is 25.2. The Morgan fingerprint density at radius 1 is 1.14 bits per heavy atom. The van der Waals surface area contributed by atoms with Gasteiger partial charge >= 0.3 is 0 Å². The first-order chi connectivity index (χ1) is 10.3. The zero-order valence-corrected chi connectivity index (χ0v) is 11.7. The molecule has 0 bridgehead atoms. The molecule has 1 saturated heterocycles. The zero-order chi connectivity index (χ0) is 14.2. The van der Waals surface area contributed by atoms with Gasteiger partial charge in [-0.2, -0.15) is 4.98 Å². The molecule has 1 aromatic heterocycles. The Bertz CT molecular complexity index is 622. The zero-order valence-electron chi connectivity index (χ0n) is 11.7. The van der Waals surface area contributed by atoms with Crippen molar-refractivity contribution in [2.75, 3.05) is 13.1 Å². The monoisotopic (exact) mass is 283 g/mol. The van der Waals surface area contributed by atoms with Crippen LogP contribution in [0.1, 0.15) is 36.1 Å². The van der Waals surface area contributed by atoms with Crippen LogP contribution in [-0.2, 0) is 4.79 Å². The number of hydrogen-bond acceptors (Lipinski definition) is 4. The molecular formula is C16H17N3O2. The largest absolute Gasteiger partial charge is 0.343 e. The van der Waals surface area contributed by atoms with Crippen LogP contribution in [0, 0.1) is 5.92 Å². The van der Waals surface area contributed by atoms with Crippen molar-refractivity contribution in [3.05, 3.63) is 48.1 Å². The maximum absolute atomic E-state index is 12.4. The molecular weight excluding hydrogens is 266 g/mol. The van der Waals surface area contributed by atoms with Gasteiger partial charge in [0.15, 0.2) is 5.82 Å². The second kappa shape index (κ2) is 4.98. The highest BCUT2D eigenvalue weighted by Crippen LogP contribution is 2.41. The van der Waals surface area contributed by atoms with Crippen molar-refractivity contribution in [3.63, 3.8) is 0 Å². The van der Waals surface area contributed by atoms with E-state index in [1.807, 2.05) is 23.1 Å². The molecule has 1 amide bonds. The summed E-state index contributed by atoms with van der Waals surface area (Å²) in [7, 11) is 0. The fraction of sp³-hybridized carbons (Fsp3) is 0.438. The van der Waals surface area contributed by atoms with E-state index in [4.69, 9.17) is 4.52 Å². The predicted molar refractivity (Wildman–Crippen MR) is 75.5 cm³/mol. The fourth-order valence-corrected chi connectivity index (χ4v) is 3.21. The molecule has 2 heterocycles. The molecule has 0 spiro atoms. The lowest BCUT2D eigenvalue weighted by Crippen LogP contribution is -2.30. The van der Waals surface area contributed by atoms with Crippen molar-refractivity contribution >= 4 is 5.91 Å². The molecule has 2 unspecified atom stereocenters. The molecule has 1 aromatic carbocycles. The van der Waals surface area contributed by atoms with Gasteiger partial charge < -0.3 is 9.42 Å². The lowest BCUT2D eigenvalue weighted by Gasteiger charge is -2.16. The Hall–Kier alpha value is -2.17. The molecule has 4 rings (SSSR count). The van der Waals surface area contributed by atoms with Crippen LogP contribution >= 0.6 is 0 Å². The van der Waals surface area contributed by atoms with E-state index in [2.05, 4.69) is 22.3 Å². The quantitative estimate of drug-likeness (QED) is 0.866. The highest BCUT2D eigenvalue weighted by Gasteiger charge is 2.43. The average molecular weight is 283 g/mol. The third-order valence-corrected chi connectivity index (χ3v) is 4.50. The number of likely N-dealkylation sites (tertiary alicyclic amines) is 1. The molecule has 1 aliphatic heterocycles. The van der Waals surface area contributed by atoms with Crippen LogP contribution in [0.25, 0.3) is 0 Å². The van der Waals surface area contributed by atoms with Crippen molar-refractivity contribution in [1.82, 2.24) is 15.0 Å². The van der Waals surface area contributed by atoms with Gasteiger partial charge in [0.05, 0.1) is 0 Å². The van der Waals surface area contributed by atoms with Crippen LogP contribution in [0.15, 0.2) is 41.2 Å². The third-order valence-electron chi connectivity index (χ3n) is 4.50. The van der Waals surface area contributed by atoms with Crippen LogP contribution in [0.3, 0.4) is 0 Å². The predicted octanol–water partition coefficient (Wildman–Crippen LogP) is 2.19. The van der Waals surface area contributed by atoms with Crippen molar-refractivity contribution in [2.45, 2.75) is 24.7 Å². The number of hydrogen-bond donors (Lipinski definition) is 0. The van der Waals surface area contributed by atoms with Gasteiger partial charge in [-0.15, -0.1) is 0 Å². The van der Waals surface area contributed by atoms with Gasteiger partial charge in [-0.3, -0.25) is 4.79 Å². The Morgan fingerprint density at radius 3 is 2.57 bits per heavy atom. The first kappa shape index (κ1) is 12.6. The van der Waals surface area contributed by atoms with Crippen molar-refractivity contribution in [3.8, 4) is 0 Å². The summed E-state index contributed by atoms with van der Waals surface area (Å²) in [5.41, 5.74) is 1.23. The van der Waals surface area contributed by atoms with E-state index in [0.717, 1.165) is 19.4 Å². The number of carbonyl (C=O) groups is 1. The van der Waals surface area contributed by atoms with Crippen LogP contribution in [-0.4, -0.2) is 34.0 Å². The third kappa shape index (κ3) is 2.33. The average Bonchev–Trinajstić information content (AvgIpc) is 3.06. The summed E-state index contributed by atoms with van der Waals surface area (Å²) in [5.74, 6) is 1.61. The summed E-state index contributed by atoms with van der Waals surface area (Å²) in [6.07, 6.45) is 3.44. The summed E-state index contributed by atoms with van der Waals surface area (Å²) in [5, 5.41) is 4.00. The van der Waals surface area contributed by atoms with E-state index in [1.54, 1.807) is 0 Å².